The fourth-order valence-electron chi connectivity index (χ4n) is 0.214. The van der Waals surface area contributed by atoms with Crippen LogP contribution in [0.1, 0.15) is 19.8 Å². The zero-order valence-electron chi connectivity index (χ0n) is 6.21. The van der Waals surface area contributed by atoms with Crippen molar-refractivity contribution in [1.82, 2.24) is 0 Å². The highest BCUT2D eigenvalue weighted by atomic mass is 16.4. The molecular weight excluding hydrogens is 134 g/mol. The number of aliphatic carboxylic acids is 1. The Kier molecular flexibility index (Phi) is 13.6. The molecule has 10 heavy (non-hydrogen) atoms. The number of hydrogen-bond donors (Lipinski definition) is 3. The number of nitrogens with two attached hydrogens (primary N) is 1. The van der Waals surface area contributed by atoms with Crippen LogP contribution >= 0.6 is 0 Å². The lowest BCUT2D eigenvalue weighted by Crippen LogP contribution is -2.02. The summed E-state index contributed by atoms with van der Waals surface area (Å²) in [4.78, 5) is 9.60. The summed E-state index contributed by atoms with van der Waals surface area (Å²) < 4.78 is 0. The van der Waals surface area contributed by atoms with Crippen LogP contribution in [-0.4, -0.2) is 29.3 Å². The molecule has 0 aliphatic rings. The number of carboxylic acids is 1. The van der Waals surface area contributed by atoms with Gasteiger partial charge in [-0.05, 0) is 6.42 Å². The minimum absolute atomic E-state index is 0.0972. The van der Waals surface area contributed by atoms with Crippen molar-refractivity contribution in [3.8, 4) is 0 Å². The fourth-order valence-corrected chi connectivity index (χ4v) is 0.214. The largest absolute Gasteiger partial charge is 0.481 e. The van der Waals surface area contributed by atoms with E-state index in [0.29, 0.717) is 13.0 Å². The first-order valence-corrected chi connectivity index (χ1v) is 3.21. The molecule has 0 spiro atoms. The molecule has 0 amide bonds. The zero-order valence-corrected chi connectivity index (χ0v) is 6.21. The van der Waals surface area contributed by atoms with Gasteiger partial charge in [-0.1, -0.05) is 6.92 Å². The molecule has 0 saturated heterocycles. The van der Waals surface area contributed by atoms with E-state index < -0.39 is 5.97 Å². The van der Waals surface area contributed by atoms with Crippen LogP contribution in [0.25, 0.3) is 0 Å². The molecule has 0 aromatic carbocycles. The summed E-state index contributed by atoms with van der Waals surface area (Å²) >= 11 is 0. The maximum absolute atomic E-state index is 9.60. The first-order chi connectivity index (χ1) is 4.68. The van der Waals surface area contributed by atoms with E-state index in [-0.39, 0.29) is 6.61 Å². The van der Waals surface area contributed by atoms with Crippen molar-refractivity contribution in [1.29, 1.82) is 0 Å². The average Bonchev–Trinajstić information content (AvgIpc) is 1.89. The van der Waals surface area contributed by atoms with E-state index in [1.54, 1.807) is 0 Å². The highest BCUT2D eigenvalue weighted by Gasteiger charge is 1.87. The van der Waals surface area contributed by atoms with E-state index in [0.717, 1.165) is 6.42 Å². The van der Waals surface area contributed by atoms with Crippen molar-refractivity contribution in [3.05, 3.63) is 0 Å². The molecule has 4 nitrogen and oxygen atoms in total. The standard InChI is InChI=1S/C4H8O2.C2H7NO/c1-2-3-4(5)6;3-1-2-4/h2-3H2,1H3,(H,5,6);4H,1-3H2. The van der Waals surface area contributed by atoms with Gasteiger partial charge < -0.3 is 15.9 Å². The molecule has 0 aromatic heterocycles. The summed E-state index contributed by atoms with van der Waals surface area (Å²) in [6, 6.07) is 0. The van der Waals surface area contributed by atoms with Gasteiger partial charge in [0.25, 0.3) is 0 Å². The quantitative estimate of drug-likeness (QED) is 0.519. The summed E-state index contributed by atoms with van der Waals surface area (Å²) in [5.41, 5.74) is 4.78. The van der Waals surface area contributed by atoms with Crippen molar-refractivity contribution in [2.75, 3.05) is 13.2 Å². The van der Waals surface area contributed by atoms with Crippen LogP contribution in [-0.2, 0) is 4.79 Å². The van der Waals surface area contributed by atoms with Crippen molar-refractivity contribution < 1.29 is 15.0 Å². The van der Waals surface area contributed by atoms with Gasteiger partial charge >= 0.3 is 5.97 Å². The lowest BCUT2D eigenvalue weighted by Gasteiger charge is -1.79. The lowest BCUT2D eigenvalue weighted by molar-refractivity contribution is -0.137. The maximum Gasteiger partial charge on any atom is 0.303 e. The third-order valence-corrected chi connectivity index (χ3v) is 0.593. The Labute approximate surface area is 60.7 Å². The summed E-state index contributed by atoms with van der Waals surface area (Å²) in [6.07, 6.45) is 1.02. The predicted molar refractivity (Wildman–Crippen MR) is 38.7 cm³/mol. The van der Waals surface area contributed by atoms with Crippen molar-refractivity contribution in [3.63, 3.8) is 0 Å². The average molecular weight is 149 g/mol. The molecule has 0 radical (unpaired) electrons. The highest BCUT2D eigenvalue weighted by Crippen LogP contribution is 1.82. The maximum atomic E-state index is 9.60. The van der Waals surface area contributed by atoms with E-state index in [1.807, 2.05) is 6.92 Å². The van der Waals surface area contributed by atoms with E-state index in [2.05, 4.69) is 0 Å². The van der Waals surface area contributed by atoms with Crippen LogP contribution in [0.4, 0.5) is 0 Å². The second-order valence-corrected chi connectivity index (χ2v) is 1.66. The Morgan fingerprint density at radius 3 is 2.00 bits per heavy atom. The number of carboxylic acid groups (broad SMARTS) is 1. The van der Waals surface area contributed by atoms with Gasteiger partial charge in [0.05, 0.1) is 6.61 Å². The SMILES string of the molecule is CCCC(=O)O.NCCO. The van der Waals surface area contributed by atoms with Gasteiger partial charge in [0, 0.05) is 13.0 Å². The molecule has 0 aliphatic carbocycles. The molecule has 0 bridgehead atoms. The number of carbonyl (C=O) groups is 1. The second kappa shape index (κ2) is 11.2. The Morgan fingerprint density at radius 1 is 1.60 bits per heavy atom. The van der Waals surface area contributed by atoms with Gasteiger partial charge in [-0.2, -0.15) is 0 Å². The Morgan fingerprint density at radius 2 is 2.00 bits per heavy atom. The summed E-state index contributed by atoms with van der Waals surface area (Å²) in [6.45, 7) is 2.31. The highest BCUT2D eigenvalue weighted by molar-refractivity contribution is 5.66. The first kappa shape index (κ1) is 12.1. The smallest absolute Gasteiger partial charge is 0.303 e. The van der Waals surface area contributed by atoms with Crippen LogP contribution in [0.5, 0.6) is 0 Å². The molecular formula is C6H15NO3. The molecule has 0 unspecified atom stereocenters. The third-order valence-electron chi connectivity index (χ3n) is 0.593. The molecule has 0 aromatic rings. The van der Waals surface area contributed by atoms with Crippen molar-refractivity contribution in [2.24, 2.45) is 5.73 Å². The van der Waals surface area contributed by atoms with E-state index in [1.165, 1.54) is 0 Å². The molecule has 0 aliphatic heterocycles. The number of hydrogen-bond acceptors (Lipinski definition) is 3. The minimum atomic E-state index is -0.711. The van der Waals surface area contributed by atoms with Crippen molar-refractivity contribution in [2.45, 2.75) is 19.8 Å². The van der Waals surface area contributed by atoms with Crippen LogP contribution in [0.15, 0.2) is 0 Å². The molecule has 62 valence electrons. The Bertz CT molecular complexity index is 73.4. The summed E-state index contributed by atoms with van der Waals surface area (Å²) in [5.74, 6) is -0.711. The summed E-state index contributed by atoms with van der Waals surface area (Å²) in [7, 11) is 0. The molecule has 4 N–H and O–H groups in total. The van der Waals surface area contributed by atoms with E-state index in [4.69, 9.17) is 15.9 Å². The van der Waals surface area contributed by atoms with Gasteiger partial charge in [-0.3, -0.25) is 4.79 Å². The van der Waals surface area contributed by atoms with Gasteiger partial charge in [-0.25, -0.2) is 0 Å². The molecule has 0 heterocycles. The topological polar surface area (TPSA) is 83.5 Å². The second-order valence-electron chi connectivity index (χ2n) is 1.66. The van der Waals surface area contributed by atoms with Gasteiger partial charge in [0.15, 0.2) is 0 Å². The monoisotopic (exact) mass is 149 g/mol. The van der Waals surface area contributed by atoms with E-state index >= 15 is 0 Å². The first-order valence-electron chi connectivity index (χ1n) is 3.21. The van der Waals surface area contributed by atoms with Gasteiger partial charge in [-0.15, -0.1) is 0 Å². The molecule has 0 rings (SSSR count). The van der Waals surface area contributed by atoms with Gasteiger partial charge in [0.1, 0.15) is 0 Å². The third kappa shape index (κ3) is 26.3. The Balaban J connectivity index is 0. The minimum Gasteiger partial charge on any atom is -0.481 e. The predicted octanol–water partition coefficient (Wildman–Crippen LogP) is -0.192. The number of aliphatic hydroxyl groups excluding tert-OH is 1. The summed E-state index contributed by atoms with van der Waals surface area (Å²) in [5, 5.41) is 15.7. The molecule has 0 saturated carbocycles. The zero-order chi connectivity index (χ0) is 8.41. The van der Waals surface area contributed by atoms with Crippen LogP contribution in [0.2, 0.25) is 0 Å². The number of aliphatic hydroxyl groups is 1. The Hall–Kier alpha value is -0.610. The fraction of sp³-hybridized carbons (Fsp3) is 0.833. The molecule has 0 atom stereocenters. The van der Waals surface area contributed by atoms with Crippen LogP contribution in [0, 0.1) is 0 Å². The molecule has 4 heteroatoms. The molecule has 0 fully saturated rings. The van der Waals surface area contributed by atoms with Crippen LogP contribution < -0.4 is 5.73 Å². The van der Waals surface area contributed by atoms with Crippen molar-refractivity contribution >= 4 is 5.97 Å². The van der Waals surface area contributed by atoms with E-state index in [9.17, 15) is 4.79 Å². The lowest BCUT2D eigenvalue weighted by atomic mass is 10.4. The van der Waals surface area contributed by atoms with Crippen LogP contribution in [0.3, 0.4) is 0 Å². The van der Waals surface area contributed by atoms with Gasteiger partial charge in [0.2, 0.25) is 0 Å². The number of rotatable bonds is 3. The normalized spacial score (nSPS) is 7.90.